The molecule has 0 radical (unpaired) electrons. The lowest BCUT2D eigenvalue weighted by Gasteiger charge is -2.13. The van der Waals surface area contributed by atoms with Gasteiger partial charge in [-0.05, 0) is 49.4 Å². The van der Waals surface area contributed by atoms with Crippen molar-refractivity contribution in [2.45, 2.75) is 34.1 Å². The zero-order valence-electron chi connectivity index (χ0n) is 12.6. The molecule has 1 nitrogen and oxygen atoms in total. The molecule has 0 bridgehead atoms. The SMILES string of the molecule is Cc1ccc(C)c(-c2cc(C)cc3c2C(=O)C(C)C3)c1. The molecule has 0 spiro atoms. The second-order valence-electron chi connectivity index (χ2n) is 6.13. The Bertz CT molecular complexity index is 710. The van der Waals surface area contributed by atoms with Gasteiger partial charge in [0.2, 0.25) is 0 Å². The van der Waals surface area contributed by atoms with Crippen LogP contribution in [0.3, 0.4) is 0 Å². The number of benzene rings is 2. The van der Waals surface area contributed by atoms with E-state index < -0.39 is 0 Å². The Labute approximate surface area is 120 Å². The van der Waals surface area contributed by atoms with Crippen LogP contribution in [0.25, 0.3) is 11.1 Å². The molecule has 2 aromatic carbocycles. The Morgan fingerprint density at radius 3 is 2.40 bits per heavy atom. The van der Waals surface area contributed by atoms with E-state index in [0.29, 0.717) is 5.78 Å². The van der Waals surface area contributed by atoms with Crippen molar-refractivity contribution in [1.82, 2.24) is 0 Å². The standard InChI is InChI=1S/C19H20O/c1-11-5-6-13(3)16(8-11)17-9-12(2)7-15-10-14(4)19(20)18(15)17/h5-9,14H,10H2,1-4H3. The van der Waals surface area contributed by atoms with E-state index in [1.54, 1.807) is 0 Å². The van der Waals surface area contributed by atoms with Crippen molar-refractivity contribution in [3.05, 3.63) is 58.1 Å². The summed E-state index contributed by atoms with van der Waals surface area (Å²) in [6.45, 7) is 8.36. The minimum Gasteiger partial charge on any atom is -0.294 e. The molecule has 1 aliphatic carbocycles. The van der Waals surface area contributed by atoms with Crippen molar-refractivity contribution >= 4 is 5.78 Å². The molecule has 0 heterocycles. The molecular formula is C19H20O. The molecule has 0 amide bonds. The highest BCUT2D eigenvalue weighted by Gasteiger charge is 2.30. The van der Waals surface area contributed by atoms with Gasteiger partial charge in [0.25, 0.3) is 0 Å². The summed E-state index contributed by atoms with van der Waals surface area (Å²) < 4.78 is 0. The maximum atomic E-state index is 12.5. The molecule has 0 aromatic heterocycles. The monoisotopic (exact) mass is 264 g/mol. The van der Waals surface area contributed by atoms with Gasteiger partial charge < -0.3 is 0 Å². The molecule has 0 N–H and O–H groups in total. The first-order valence-electron chi connectivity index (χ1n) is 7.22. The van der Waals surface area contributed by atoms with Gasteiger partial charge in [-0.1, -0.05) is 48.4 Å². The predicted molar refractivity (Wildman–Crippen MR) is 83.3 cm³/mol. The minimum atomic E-state index is 0.121. The highest BCUT2D eigenvalue weighted by atomic mass is 16.1. The van der Waals surface area contributed by atoms with Crippen molar-refractivity contribution in [2.24, 2.45) is 5.92 Å². The number of rotatable bonds is 1. The molecular weight excluding hydrogens is 244 g/mol. The van der Waals surface area contributed by atoms with E-state index in [2.05, 4.69) is 51.1 Å². The molecule has 0 saturated carbocycles. The van der Waals surface area contributed by atoms with Gasteiger partial charge in [0, 0.05) is 11.5 Å². The summed E-state index contributed by atoms with van der Waals surface area (Å²) in [6, 6.07) is 10.8. The number of fused-ring (bicyclic) bond motifs is 1. The van der Waals surface area contributed by atoms with Crippen LogP contribution >= 0.6 is 0 Å². The van der Waals surface area contributed by atoms with E-state index in [0.717, 1.165) is 17.5 Å². The molecule has 20 heavy (non-hydrogen) atoms. The molecule has 1 unspecified atom stereocenters. The van der Waals surface area contributed by atoms with Gasteiger partial charge in [-0.2, -0.15) is 0 Å². The molecule has 0 fully saturated rings. The van der Waals surface area contributed by atoms with Crippen LogP contribution in [-0.4, -0.2) is 5.78 Å². The smallest absolute Gasteiger partial charge is 0.166 e. The summed E-state index contributed by atoms with van der Waals surface area (Å²) in [5, 5.41) is 0. The topological polar surface area (TPSA) is 17.1 Å². The first-order valence-corrected chi connectivity index (χ1v) is 7.22. The number of ketones is 1. The number of Topliss-reactive ketones (excluding diaryl/α,β-unsaturated/α-hetero) is 1. The Morgan fingerprint density at radius 2 is 1.65 bits per heavy atom. The van der Waals surface area contributed by atoms with Crippen molar-refractivity contribution in [3.63, 3.8) is 0 Å². The summed E-state index contributed by atoms with van der Waals surface area (Å²) in [5.74, 6) is 0.423. The lowest BCUT2D eigenvalue weighted by molar-refractivity contribution is 0.0947. The first kappa shape index (κ1) is 13.1. The molecule has 1 heteroatoms. The number of aryl methyl sites for hydroxylation is 3. The summed E-state index contributed by atoms with van der Waals surface area (Å²) in [6.07, 6.45) is 0.883. The fraction of sp³-hybridized carbons (Fsp3) is 0.316. The van der Waals surface area contributed by atoms with Crippen LogP contribution in [0.1, 0.15) is 39.5 Å². The number of hydrogen-bond acceptors (Lipinski definition) is 1. The summed E-state index contributed by atoms with van der Waals surface area (Å²) in [4.78, 5) is 12.5. The van der Waals surface area contributed by atoms with E-state index in [4.69, 9.17) is 0 Å². The quantitative estimate of drug-likeness (QED) is 0.732. The highest BCUT2D eigenvalue weighted by molar-refractivity contribution is 6.07. The van der Waals surface area contributed by atoms with E-state index in [-0.39, 0.29) is 5.92 Å². The second kappa shape index (κ2) is 4.59. The lowest BCUT2D eigenvalue weighted by Crippen LogP contribution is -2.05. The van der Waals surface area contributed by atoms with E-state index in [1.165, 1.54) is 27.8 Å². The summed E-state index contributed by atoms with van der Waals surface area (Å²) in [7, 11) is 0. The Morgan fingerprint density at radius 1 is 0.950 bits per heavy atom. The minimum absolute atomic E-state index is 0.121. The van der Waals surface area contributed by atoms with Crippen LogP contribution in [0.15, 0.2) is 30.3 Å². The van der Waals surface area contributed by atoms with Gasteiger partial charge in [0.05, 0.1) is 0 Å². The summed E-state index contributed by atoms with van der Waals surface area (Å²) in [5.41, 5.74) is 8.20. The average molecular weight is 264 g/mol. The Hall–Kier alpha value is -1.89. The fourth-order valence-electron chi connectivity index (χ4n) is 3.22. The second-order valence-corrected chi connectivity index (χ2v) is 6.13. The van der Waals surface area contributed by atoms with Crippen LogP contribution in [0.5, 0.6) is 0 Å². The van der Waals surface area contributed by atoms with Gasteiger partial charge in [-0.15, -0.1) is 0 Å². The summed E-state index contributed by atoms with van der Waals surface area (Å²) >= 11 is 0. The normalized spacial score (nSPS) is 17.4. The average Bonchev–Trinajstić information content (AvgIpc) is 2.67. The fourth-order valence-corrected chi connectivity index (χ4v) is 3.22. The molecule has 102 valence electrons. The van der Waals surface area contributed by atoms with Crippen LogP contribution in [0.2, 0.25) is 0 Å². The van der Waals surface area contributed by atoms with Crippen molar-refractivity contribution in [3.8, 4) is 11.1 Å². The van der Waals surface area contributed by atoms with Crippen LogP contribution < -0.4 is 0 Å². The molecule has 0 aliphatic heterocycles. The zero-order valence-corrected chi connectivity index (χ0v) is 12.6. The first-order chi connectivity index (χ1) is 9.47. The van der Waals surface area contributed by atoms with Crippen LogP contribution in [-0.2, 0) is 6.42 Å². The molecule has 3 rings (SSSR count). The third-order valence-corrected chi connectivity index (χ3v) is 4.27. The van der Waals surface area contributed by atoms with Crippen molar-refractivity contribution in [1.29, 1.82) is 0 Å². The number of hydrogen-bond donors (Lipinski definition) is 0. The van der Waals surface area contributed by atoms with E-state index in [9.17, 15) is 4.79 Å². The van der Waals surface area contributed by atoms with E-state index >= 15 is 0 Å². The van der Waals surface area contributed by atoms with Crippen LogP contribution in [0, 0.1) is 26.7 Å². The van der Waals surface area contributed by atoms with Gasteiger partial charge in [0.15, 0.2) is 5.78 Å². The lowest BCUT2D eigenvalue weighted by atomic mass is 9.91. The molecule has 0 saturated heterocycles. The molecule has 2 aromatic rings. The Balaban J connectivity index is 2.30. The molecule has 1 atom stereocenters. The molecule has 1 aliphatic rings. The third-order valence-electron chi connectivity index (χ3n) is 4.27. The van der Waals surface area contributed by atoms with Crippen LogP contribution in [0.4, 0.5) is 0 Å². The van der Waals surface area contributed by atoms with E-state index in [1.807, 2.05) is 6.92 Å². The van der Waals surface area contributed by atoms with Gasteiger partial charge in [0.1, 0.15) is 0 Å². The van der Waals surface area contributed by atoms with Crippen molar-refractivity contribution in [2.75, 3.05) is 0 Å². The van der Waals surface area contributed by atoms with Gasteiger partial charge in [-0.3, -0.25) is 4.79 Å². The maximum Gasteiger partial charge on any atom is 0.166 e. The predicted octanol–water partition coefficient (Wildman–Crippen LogP) is 4.65. The number of carbonyl (C=O) groups is 1. The zero-order chi connectivity index (χ0) is 14.4. The van der Waals surface area contributed by atoms with Gasteiger partial charge >= 0.3 is 0 Å². The van der Waals surface area contributed by atoms with Crippen molar-refractivity contribution < 1.29 is 4.79 Å². The maximum absolute atomic E-state index is 12.5. The Kier molecular flexibility index (Phi) is 3.01. The highest BCUT2D eigenvalue weighted by Crippen LogP contribution is 2.37. The number of carbonyl (C=O) groups excluding carboxylic acids is 1. The van der Waals surface area contributed by atoms with Gasteiger partial charge in [-0.25, -0.2) is 0 Å². The largest absolute Gasteiger partial charge is 0.294 e. The third kappa shape index (κ3) is 1.98.